The van der Waals surface area contributed by atoms with Crippen molar-refractivity contribution in [2.45, 2.75) is 13.8 Å². The Labute approximate surface area is 76.9 Å². The molecule has 0 aliphatic carbocycles. The van der Waals surface area contributed by atoms with Crippen LogP contribution in [-0.4, -0.2) is 4.92 Å². The van der Waals surface area contributed by atoms with Gasteiger partial charge >= 0.3 is 0 Å². The summed E-state index contributed by atoms with van der Waals surface area (Å²) >= 11 is 0. The lowest BCUT2D eigenvalue weighted by Crippen LogP contribution is -1.92. The lowest BCUT2D eigenvalue weighted by atomic mass is 10.1. The fourth-order valence-electron chi connectivity index (χ4n) is 1.12. The fourth-order valence-corrected chi connectivity index (χ4v) is 1.12. The van der Waals surface area contributed by atoms with E-state index in [1.807, 2.05) is 19.9 Å². The number of nitro benzene ring substituents is 1. The predicted octanol–water partition coefficient (Wildman–Crippen LogP) is 3.02. The molecule has 0 spiro atoms. The van der Waals surface area contributed by atoms with Gasteiger partial charge in [-0.15, -0.1) is 0 Å². The molecule has 0 unspecified atom stereocenters. The van der Waals surface area contributed by atoms with Crippen LogP contribution in [0.1, 0.15) is 19.4 Å². The van der Waals surface area contributed by atoms with Crippen molar-refractivity contribution >= 4 is 11.3 Å². The third-order valence-electron chi connectivity index (χ3n) is 1.96. The highest BCUT2D eigenvalue weighted by Gasteiger charge is 2.12. The zero-order chi connectivity index (χ0) is 9.84. The minimum atomic E-state index is -0.359. The number of allylic oxidation sites excluding steroid dienone is 2. The highest BCUT2D eigenvalue weighted by atomic mass is 16.6. The van der Waals surface area contributed by atoms with Crippen LogP contribution in [0.15, 0.2) is 30.3 Å². The summed E-state index contributed by atoms with van der Waals surface area (Å²) in [4.78, 5) is 10.3. The second-order valence-electron chi connectivity index (χ2n) is 2.75. The van der Waals surface area contributed by atoms with Crippen molar-refractivity contribution in [1.29, 1.82) is 0 Å². The zero-order valence-electron chi connectivity index (χ0n) is 7.65. The molecule has 0 fully saturated rings. The maximum absolute atomic E-state index is 10.6. The minimum Gasteiger partial charge on any atom is -0.258 e. The molecule has 0 amide bonds. The Kier molecular flexibility index (Phi) is 2.80. The number of nitrogens with zero attached hydrogens (tertiary/aromatic N) is 1. The Morgan fingerprint density at radius 3 is 2.62 bits per heavy atom. The second-order valence-corrected chi connectivity index (χ2v) is 2.75. The van der Waals surface area contributed by atoms with E-state index < -0.39 is 0 Å². The molecule has 1 aromatic carbocycles. The predicted molar refractivity (Wildman–Crippen MR) is 52.4 cm³/mol. The van der Waals surface area contributed by atoms with Gasteiger partial charge in [0, 0.05) is 6.07 Å². The number of hydrogen-bond donors (Lipinski definition) is 0. The molecule has 0 heterocycles. The summed E-state index contributed by atoms with van der Waals surface area (Å²) in [5.74, 6) is 0. The molecule has 1 aromatic rings. The smallest absolute Gasteiger partial charge is 0.258 e. The van der Waals surface area contributed by atoms with E-state index in [0.717, 1.165) is 5.57 Å². The van der Waals surface area contributed by atoms with Crippen molar-refractivity contribution in [2.75, 3.05) is 0 Å². The minimum absolute atomic E-state index is 0.165. The third kappa shape index (κ3) is 1.93. The van der Waals surface area contributed by atoms with Crippen LogP contribution in [0.2, 0.25) is 0 Å². The summed E-state index contributed by atoms with van der Waals surface area (Å²) < 4.78 is 0. The normalized spacial score (nSPS) is 11.4. The molecule has 0 aliphatic rings. The molecule has 13 heavy (non-hydrogen) atoms. The zero-order valence-corrected chi connectivity index (χ0v) is 7.65. The van der Waals surface area contributed by atoms with E-state index in [4.69, 9.17) is 0 Å². The lowest BCUT2D eigenvalue weighted by Gasteiger charge is -2.01. The Morgan fingerprint density at radius 1 is 1.46 bits per heavy atom. The van der Waals surface area contributed by atoms with E-state index in [1.54, 1.807) is 18.2 Å². The Morgan fingerprint density at radius 2 is 2.08 bits per heavy atom. The van der Waals surface area contributed by atoms with Gasteiger partial charge in [0.1, 0.15) is 0 Å². The van der Waals surface area contributed by atoms with E-state index in [-0.39, 0.29) is 10.6 Å². The molecule has 0 aromatic heterocycles. The quantitative estimate of drug-likeness (QED) is 0.514. The summed E-state index contributed by atoms with van der Waals surface area (Å²) in [7, 11) is 0. The molecule has 0 N–H and O–H groups in total. The van der Waals surface area contributed by atoms with E-state index in [9.17, 15) is 10.1 Å². The first-order valence-corrected chi connectivity index (χ1v) is 4.03. The molecular formula is C10H11NO2. The first-order chi connectivity index (χ1) is 6.16. The summed E-state index contributed by atoms with van der Waals surface area (Å²) in [5, 5.41) is 10.6. The summed E-state index contributed by atoms with van der Waals surface area (Å²) in [6, 6.07) is 6.75. The van der Waals surface area contributed by atoms with Crippen LogP contribution in [0.4, 0.5) is 5.69 Å². The van der Waals surface area contributed by atoms with Gasteiger partial charge in [0.15, 0.2) is 0 Å². The number of para-hydroxylation sites is 1. The topological polar surface area (TPSA) is 43.1 Å². The third-order valence-corrected chi connectivity index (χ3v) is 1.96. The van der Waals surface area contributed by atoms with Crippen molar-refractivity contribution in [1.82, 2.24) is 0 Å². The molecule has 0 saturated carbocycles. The van der Waals surface area contributed by atoms with Gasteiger partial charge in [-0.25, -0.2) is 0 Å². The van der Waals surface area contributed by atoms with Gasteiger partial charge in [-0.2, -0.15) is 0 Å². The van der Waals surface area contributed by atoms with Gasteiger partial charge in [-0.3, -0.25) is 10.1 Å². The summed E-state index contributed by atoms with van der Waals surface area (Å²) in [5.41, 5.74) is 1.78. The van der Waals surface area contributed by atoms with Gasteiger partial charge in [0.05, 0.1) is 10.5 Å². The molecule has 3 heteroatoms. The Hall–Kier alpha value is -1.64. The lowest BCUT2D eigenvalue weighted by molar-refractivity contribution is -0.385. The van der Waals surface area contributed by atoms with Gasteiger partial charge in [-0.05, 0) is 25.5 Å². The number of rotatable bonds is 2. The van der Waals surface area contributed by atoms with Gasteiger partial charge in [0.2, 0.25) is 0 Å². The van der Waals surface area contributed by atoms with Crippen LogP contribution in [0, 0.1) is 10.1 Å². The van der Waals surface area contributed by atoms with Gasteiger partial charge < -0.3 is 0 Å². The van der Waals surface area contributed by atoms with Crippen molar-refractivity contribution in [3.8, 4) is 0 Å². The van der Waals surface area contributed by atoms with Crippen molar-refractivity contribution < 1.29 is 4.92 Å². The van der Waals surface area contributed by atoms with Crippen LogP contribution >= 0.6 is 0 Å². The molecule has 0 saturated heterocycles. The van der Waals surface area contributed by atoms with Crippen molar-refractivity contribution in [3.05, 3.63) is 46.0 Å². The van der Waals surface area contributed by atoms with Crippen LogP contribution in [-0.2, 0) is 0 Å². The Balaban J connectivity index is 3.28. The highest BCUT2D eigenvalue weighted by molar-refractivity contribution is 5.70. The average Bonchev–Trinajstić information content (AvgIpc) is 2.16. The molecule has 3 nitrogen and oxygen atoms in total. The van der Waals surface area contributed by atoms with E-state index in [2.05, 4.69) is 0 Å². The number of nitro groups is 1. The maximum Gasteiger partial charge on any atom is 0.276 e. The molecule has 0 atom stereocenters. The van der Waals surface area contributed by atoms with Crippen LogP contribution in [0.5, 0.6) is 0 Å². The monoisotopic (exact) mass is 177 g/mol. The molecule has 0 aliphatic heterocycles. The summed E-state index contributed by atoms with van der Waals surface area (Å²) in [6.45, 7) is 3.73. The van der Waals surface area contributed by atoms with Crippen molar-refractivity contribution in [3.63, 3.8) is 0 Å². The molecule has 0 radical (unpaired) electrons. The molecular weight excluding hydrogens is 166 g/mol. The first kappa shape index (κ1) is 9.45. The van der Waals surface area contributed by atoms with Crippen molar-refractivity contribution in [2.24, 2.45) is 0 Å². The fraction of sp³-hybridized carbons (Fsp3) is 0.200. The van der Waals surface area contributed by atoms with E-state index in [0.29, 0.717) is 5.56 Å². The van der Waals surface area contributed by atoms with Crippen LogP contribution in [0.25, 0.3) is 5.57 Å². The van der Waals surface area contributed by atoms with E-state index >= 15 is 0 Å². The molecule has 1 rings (SSSR count). The standard InChI is InChI=1S/C10H11NO2/c1-3-8(2)9-6-4-5-7-10(9)11(12)13/h3-7H,1-2H3. The highest BCUT2D eigenvalue weighted by Crippen LogP contribution is 2.24. The largest absolute Gasteiger partial charge is 0.276 e. The molecule has 68 valence electrons. The van der Waals surface area contributed by atoms with Crippen LogP contribution < -0.4 is 0 Å². The Bertz CT molecular complexity index is 356. The number of benzene rings is 1. The average molecular weight is 177 g/mol. The summed E-state index contributed by atoms with van der Waals surface area (Å²) in [6.07, 6.45) is 1.86. The number of hydrogen-bond acceptors (Lipinski definition) is 2. The maximum atomic E-state index is 10.6. The first-order valence-electron chi connectivity index (χ1n) is 4.03. The van der Waals surface area contributed by atoms with Gasteiger partial charge in [-0.1, -0.05) is 18.2 Å². The SMILES string of the molecule is CC=C(C)c1ccccc1[N+](=O)[O-]. The second kappa shape index (κ2) is 3.85. The van der Waals surface area contributed by atoms with Crippen LogP contribution in [0.3, 0.4) is 0 Å². The molecule has 0 bridgehead atoms. The van der Waals surface area contributed by atoms with Gasteiger partial charge in [0.25, 0.3) is 5.69 Å². The van der Waals surface area contributed by atoms with E-state index in [1.165, 1.54) is 6.07 Å².